The molecule has 1 rings (SSSR count). The molecule has 0 aliphatic carbocycles. The SMILES string of the molecule is CCN(CC)C(=O)N1CCN(CC(C)C)CC1. The topological polar surface area (TPSA) is 26.8 Å². The van der Waals surface area contributed by atoms with E-state index in [4.69, 9.17) is 0 Å². The van der Waals surface area contributed by atoms with Crippen LogP contribution in [-0.4, -0.2) is 66.5 Å². The zero-order chi connectivity index (χ0) is 12.8. The summed E-state index contributed by atoms with van der Waals surface area (Å²) in [6.45, 7) is 15.1. The van der Waals surface area contributed by atoms with Crippen LogP contribution in [0.4, 0.5) is 4.79 Å². The minimum Gasteiger partial charge on any atom is -0.325 e. The minimum absolute atomic E-state index is 0.208. The molecular weight excluding hydrogens is 214 g/mol. The first kappa shape index (κ1) is 14.3. The van der Waals surface area contributed by atoms with E-state index in [-0.39, 0.29) is 6.03 Å². The van der Waals surface area contributed by atoms with Gasteiger partial charge in [0.15, 0.2) is 0 Å². The van der Waals surface area contributed by atoms with Gasteiger partial charge < -0.3 is 9.80 Å². The van der Waals surface area contributed by atoms with Crippen molar-refractivity contribution >= 4 is 6.03 Å². The van der Waals surface area contributed by atoms with Crippen molar-refractivity contribution < 1.29 is 4.79 Å². The number of amides is 2. The van der Waals surface area contributed by atoms with Crippen LogP contribution in [-0.2, 0) is 0 Å². The molecule has 0 aromatic rings. The smallest absolute Gasteiger partial charge is 0.320 e. The molecule has 0 aromatic carbocycles. The van der Waals surface area contributed by atoms with Gasteiger partial charge >= 0.3 is 6.03 Å². The van der Waals surface area contributed by atoms with E-state index in [0.717, 1.165) is 45.8 Å². The van der Waals surface area contributed by atoms with E-state index < -0.39 is 0 Å². The highest BCUT2D eigenvalue weighted by atomic mass is 16.2. The van der Waals surface area contributed by atoms with Crippen LogP contribution in [0.25, 0.3) is 0 Å². The molecule has 2 amide bonds. The number of carbonyl (C=O) groups excluding carboxylic acids is 1. The van der Waals surface area contributed by atoms with Gasteiger partial charge in [-0.05, 0) is 19.8 Å². The van der Waals surface area contributed by atoms with Crippen LogP contribution in [0.15, 0.2) is 0 Å². The summed E-state index contributed by atoms with van der Waals surface area (Å²) in [6, 6.07) is 0.208. The minimum atomic E-state index is 0.208. The van der Waals surface area contributed by atoms with Crippen molar-refractivity contribution in [2.24, 2.45) is 5.92 Å². The molecule has 0 aromatic heterocycles. The van der Waals surface area contributed by atoms with E-state index >= 15 is 0 Å². The number of rotatable bonds is 4. The standard InChI is InChI=1S/C13H27N3O/c1-5-15(6-2)13(17)16-9-7-14(8-10-16)11-12(3)4/h12H,5-11H2,1-4H3. The molecule has 0 saturated carbocycles. The van der Waals surface area contributed by atoms with E-state index in [1.54, 1.807) is 0 Å². The van der Waals surface area contributed by atoms with Crippen molar-refractivity contribution in [3.8, 4) is 0 Å². The lowest BCUT2D eigenvalue weighted by atomic mass is 10.2. The monoisotopic (exact) mass is 241 g/mol. The van der Waals surface area contributed by atoms with Gasteiger partial charge in [-0.1, -0.05) is 13.8 Å². The van der Waals surface area contributed by atoms with Crippen molar-refractivity contribution in [1.82, 2.24) is 14.7 Å². The van der Waals surface area contributed by atoms with Gasteiger partial charge in [-0.2, -0.15) is 0 Å². The lowest BCUT2D eigenvalue weighted by Crippen LogP contribution is -2.53. The lowest BCUT2D eigenvalue weighted by Gasteiger charge is -2.37. The predicted molar refractivity (Wildman–Crippen MR) is 71.2 cm³/mol. The average molecular weight is 241 g/mol. The first-order chi connectivity index (χ1) is 8.08. The summed E-state index contributed by atoms with van der Waals surface area (Å²) in [5.74, 6) is 0.708. The van der Waals surface area contributed by atoms with E-state index in [9.17, 15) is 4.79 Å². The largest absolute Gasteiger partial charge is 0.325 e. The lowest BCUT2D eigenvalue weighted by molar-refractivity contribution is 0.110. The first-order valence-corrected chi connectivity index (χ1v) is 6.84. The molecule has 1 aliphatic rings. The number of nitrogens with zero attached hydrogens (tertiary/aromatic N) is 3. The molecule has 0 N–H and O–H groups in total. The second-order valence-corrected chi connectivity index (χ2v) is 5.14. The zero-order valence-electron chi connectivity index (χ0n) is 11.8. The molecule has 1 heterocycles. The molecule has 1 aliphatic heterocycles. The second kappa shape index (κ2) is 6.84. The molecule has 0 atom stereocenters. The van der Waals surface area contributed by atoms with E-state index in [1.165, 1.54) is 0 Å². The van der Waals surface area contributed by atoms with Crippen LogP contribution in [0, 0.1) is 5.92 Å². The maximum Gasteiger partial charge on any atom is 0.320 e. The van der Waals surface area contributed by atoms with E-state index in [1.807, 2.05) is 23.6 Å². The molecule has 4 heteroatoms. The Bertz CT molecular complexity index is 231. The van der Waals surface area contributed by atoms with Crippen molar-refractivity contribution in [3.63, 3.8) is 0 Å². The molecular formula is C13H27N3O. The van der Waals surface area contributed by atoms with Gasteiger partial charge in [0, 0.05) is 45.8 Å². The Hall–Kier alpha value is -0.770. The quantitative estimate of drug-likeness (QED) is 0.749. The summed E-state index contributed by atoms with van der Waals surface area (Å²) < 4.78 is 0. The van der Waals surface area contributed by atoms with Gasteiger partial charge in [-0.25, -0.2) is 4.79 Å². The molecule has 0 unspecified atom stereocenters. The molecule has 0 bridgehead atoms. The normalized spacial score (nSPS) is 17.6. The van der Waals surface area contributed by atoms with Crippen LogP contribution >= 0.6 is 0 Å². The zero-order valence-corrected chi connectivity index (χ0v) is 11.8. The Kier molecular flexibility index (Phi) is 5.75. The van der Waals surface area contributed by atoms with Gasteiger partial charge in [0.1, 0.15) is 0 Å². The second-order valence-electron chi connectivity index (χ2n) is 5.14. The summed E-state index contributed by atoms with van der Waals surface area (Å²) in [5.41, 5.74) is 0. The molecule has 1 fully saturated rings. The van der Waals surface area contributed by atoms with Gasteiger partial charge in [-0.3, -0.25) is 4.90 Å². The van der Waals surface area contributed by atoms with Crippen molar-refractivity contribution in [2.75, 3.05) is 45.8 Å². The number of hydrogen-bond donors (Lipinski definition) is 0. The third kappa shape index (κ3) is 4.19. The maximum atomic E-state index is 12.1. The van der Waals surface area contributed by atoms with Crippen molar-refractivity contribution in [3.05, 3.63) is 0 Å². The molecule has 17 heavy (non-hydrogen) atoms. The average Bonchev–Trinajstić information content (AvgIpc) is 2.30. The highest BCUT2D eigenvalue weighted by Crippen LogP contribution is 2.07. The number of urea groups is 1. The van der Waals surface area contributed by atoms with Gasteiger partial charge in [0.2, 0.25) is 0 Å². The molecule has 0 radical (unpaired) electrons. The molecule has 1 saturated heterocycles. The fourth-order valence-corrected chi connectivity index (χ4v) is 2.33. The van der Waals surface area contributed by atoms with Crippen molar-refractivity contribution in [2.45, 2.75) is 27.7 Å². The van der Waals surface area contributed by atoms with Crippen LogP contribution in [0.5, 0.6) is 0 Å². The maximum absolute atomic E-state index is 12.1. The van der Waals surface area contributed by atoms with Gasteiger partial charge in [0.05, 0.1) is 0 Å². The van der Waals surface area contributed by atoms with E-state index in [2.05, 4.69) is 18.7 Å². The summed E-state index contributed by atoms with van der Waals surface area (Å²) in [4.78, 5) is 18.5. The van der Waals surface area contributed by atoms with Crippen LogP contribution < -0.4 is 0 Å². The Balaban J connectivity index is 2.38. The molecule has 4 nitrogen and oxygen atoms in total. The Morgan fingerprint density at radius 3 is 2.06 bits per heavy atom. The third-order valence-electron chi connectivity index (χ3n) is 3.30. The summed E-state index contributed by atoms with van der Waals surface area (Å²) in [7, 11) is 0. The number of piperazine rings is 1. The number of carbonyl (C=O) groups is 1. The van der Waals surface area contributed by atoms with Gasteiger partial charge in [0.25, 0.3) is 0 Å². The van der Waals surface area contributed by atoms with Crippen LogP contribution in [0.3, 0.4) is 0 Å². The summed E-state index contributed by atoms with van der Waals surface area (Å²) in [5, 5.41) is 0. The Morgan fingerprint density at radius 1 is 1.12 bits per heavy atom. The molecule has 0 spiro atoms. The van der Waals surface area contributed by atoms with E-state index in [0.29, 0.717) is 5.92 Å². The van der Waals surface area contributed by atoms with Crippen LogP contribution in [0.2, 0.25) is 0 Å². The van der Waals surface area contributed by atoms with Crippen molar-refractivity contribution in [1.29, 1.82) is 0 Å². The van der Waals surface area contributed by atoms with Crippen LogP contribution in [0.1, 0.15) is 27.7 Å². The highest BCUT2D eigenvalue weighted by molar-refractivity contribution is 5.74. The fourth-order valence-electron chi connectivity index (χ4n) is 2.33. The Morgan fingerprint density at radius 2 is 1.65 bits per heavy atom. The fraction of sp³-hybridized carbons (Fsp3) is 0.923. The summed E-state index contributed by atoms with van der Waals surface area (Å²) >= 11 is 0. The molecule has 100 valence electrons. The third-order valence-corrected chi connectivity index (χ3v) is 3.30. The summed E-state index contributed by atoms with van der Waals surface area (Å²) in [6.07, 6.45) is 0. The predicted octanol–water partition coefficient (Wildman–Crippen LogP) is 1.72. The number of hydrogen-bond acceptors (Lipinski definition) is 2. The van der Waals surface area contributed by atoms with Gasteiger partial charge in [-0.15, -0.1) is 0 Å². The highest BCUT2D eigenvalue weighted by Gasteiger charge is 2.23. The first-order valence-electron chi connectivity index (χ1n) is 6.84. The Labute approximate surface area is 106 Å².